The molecule has 3 nitrogen and oxygen atoms in total. The number of carbonyl (C=O) groups excluding carboxylic acids is 1. The van der Waals surface area contributed by atoms with Crippen molar-refractivity contribution in [1.82, 2.24) is 0 Å². The van der Waals surface area contributed by atoms with Crippen molar-refractivity contribution in [1.29, 1.82) is 5.26 Å². The quantitative estimate of drug-likeness (QED) is 0.787. The van der Waals surface area contributed by atoms with Gasteiger partial charge in [-0.3, -0.25) is 4.79 Å². The van der Waals surface area contributed by atoms with Gasteiger partial charge in [0.05, 0.1) is 35.1 Å². The largest absolute Gasteiger partial charge is 0.466 e. The van der Waals surface area contributed by atoms with Crippen LogP contribution in [0.5, 0.6) is 0 Å². The summed E-state index contributed by atoms with van der Waals surface area (Å²) < 4.78 is 4.80. The molecule has 1 aromatic rings. The van der Waals surface area contributed by atoms with Crippen LogP contribution in [0.15, 0.2) is 18.2 Å². The van der Waals surface area contributed by atoms with Crippen LogP contribution in [0.1, 0.15) is 24.8 Å². The zero-order valence-electron chi connectivity index (χ0n) is 9.24. The van der Waals surface area contributed by atoms with Crippen LogP contribution in [-0.4, -0.2) is 12.6 Å². The van der Waals surface area contributed by atoms with Crippen LogP contribution < -0.4 is 0 Å². The van der Waals surface area contributed by atoms with E-state index >= 15 is 0 Å². The lowest BCUT2D eigenvalue weighted by molar-refractivity contribution is -0.143. The maximum Gasteiger partial charge on any atom is 0.307 e. The molecule has 0 aliphatic rings. The number of hydrogen-bond donors (Lipinski definition) is 0. The van der Waals surface area contributed by atoms with E-state index in [9.17, 15) is 4.79 Å². The minimum Gasteiger partial charge on any atom is -0.466 e. The van der Waals surface area contributed by atoms with Crippen molar-refractivity contribution in [2.45, 2.75) is 19.3 Å². The van der Waals surface area contributed by atoms with Gasteiger partial charge < -0.3 is 4.74 Å². The molecule has 5 heteroatoms. The molecule has 0 bridgehead atoms. The highest BCUT2D eigenvalue weighted by atomic mass is 35.5. The van der Waals surface area contributed by atoms with E-state index in [1.54, 1.807) is 25.1 Å². The minimum atomic E-state index is -0.566. The van der Waals surface area contributed by atoms with Crippen LogP contribution in [0.4, 0.5) is 0 Å². The number of rotatable bonds is 4. The number of carbonyl (C=O) groups is 1. The average molecular weight is 272 g/mol. The SMILES string of the molecule is CCOC(=O)CC(C#N)c1ccc(Cl)c(Cl)c1. The summed E-state index contributed by atoms with van der Waals surface area (Å²) in [5, 5.41) is 9.81. The van der Waals surface area contributed by atoms with Crippen molar-refractivity contribution >= 4 is 29.2 Å². The molecule has 0 spiro atoms. The highest BCUT2D eigenvalue weighted by molar-refractivity contribution is 6.42. The first-order chi connectivity index (χ1) is 8.08. The number of benzene rings is 1. The fourth-order valence-electron chi connectivity index (χ4n) is 1.35. The van der Waals surface area contributed by atoms with E-state index in [1.165, 1.54) is 0 Å². The van der Waals surface area contributed by atoms with Gasteiger partial charge >= 0.3 is 5.97 Å². The van der Waals surface area contributed by atoms with Crippen LogP contribution in [0, 0.1) is 11.3 Å². The minimum absolute atomic E-state index is 0.0162. The molecule has 1 unspecified atom stereocenters. The number of halogens is 2. The molecule has 1 atom stereocenters. The Morgan fingerprint density at radius 1 is 1.47 bits per heavy atom. The summed E-state index contributed by atoms with van der Waals surface area (Å²) in [7, 11) is 0. The maximum atomic E-state index is 11.3. The number of nitrogens with zero attached hydrogens (tertiary/aromatic N) is 1. The van der Waals surface area contributed by atoms with Crippen LogP contribution in [-0.2, 0) is 9.53 Å². The molecule has 0 aromatic heterocycles. The third-order valence-electron chi connectivity index (χ3n) is 2.18. The Kier molecular flexibility index (Phi) is 5.27. The molecule has 90 valence electrons. The molecule has 0 saturated heterocycles. The van der Waals surface area contributed by atoms with E-state index in [4.69, 9.17) is 33.2 Å². The smallest absolute Gasteiger partial charge is 0.307 e. The van der Waals surface area contributed by atoms with Gasteiger partial charge in [0.1, 0.15) is 0 Å². The summed E-state index contributed by atoms with van der Waals surface area (Å²) in [6.45, 7) is 2.02. The predicted molar refractivity (Wildman–Crippen MR) is 66.1 cm³/mol. The first-order valence-corrected chi connectivity index (χ1v) is 5.84. The molecule has 0 N–H and O–H groups in total. The van der Waals surface area contributed by atoms with Gasteiger partial charge in [-0.25, -0.2) is 0 Å². The molecule has 1 aromatic carbocycles. The van der Waals surface area contributed by atoms with Crippen molar-refractivity contribution in [3.63, 3.8) is 0 Å². The summed E-state index contributed by atoms with van der Waals surface area (Å²) in [4.78, 5) is 11.3. The van der Waals surface area contributed by atoms with E-state index < -0.39 is 11.9 Å². The molecule has 0 aliphatic heterocycles. The van der Waals surface area contributed by atoms with Gasteiger partial charge in [0.15, 0.2) is 0 Å². The highest BCUT2D eigenvalue weighted by Crippen LogP contribution is 2.27. The maximum absolute atomic E-state index is 11.3. The van der Waals surface area contributed by atoms with Gasteiger partial charge in [0.25, 0.3) is 0 Å². The van der Waals surface area contributed by atoms with E-state index in [0.717, 1.165) is 0 Å². The Hall–Kier alpha value is -1.24. The van der Waals surface area contributed by atoms with E-state index in [2.05, 4.69) is 6.07 Å². The molecule has 0 saturated carbocycles. The molecular weight excluding hydrogens is 261 g/mol. The molecule has 0 aliphatic carbocycles. The van der Waals surface area contributed by atoms with Gasteiger partial charge in [-0.05, 0) is 24.6 Å². The van der Waals surface area contributed by atoms with Gasteiger partial charge in [-0.15, -0.1) is 0 Å². The Labute approximate surface area is 110 Å². The summed E-state index contributed by atoms with van der Waals surface area (Å²) in [5.74, 6) is -0.964. The first kappa shape index (κ1) is 13.8. The van der Waals surface area contributed by atoms with Crippen molar-refractivity contribution < 1.29 is 9.53 Å². The molecule has 17 heavy (non-hydrogen) atoms. The topological polar surface area (TPSA) is 50.1 Å². The summed E-state index contributed by atoms with van der Waals surface area (Å²) in [5.41, 5.74) is 0.662. The second-order valence-corrected chi connectivity index (χ2v) is 4.18. The average Bonchev–Trinajstić information content (AvgIpc) is 2.30. The van der Waals surface area contributed by atoms with Crippen molar-refractivity contribution in [3.8, 4) is 6.07 Å². The van der Waals surface area contributed by atoms with Gasteiger partial charge in [-0.1, -0.05) is 29.3 Å². The van der Waals surface area contributed by atoms with Gasteiger partial charge in [0, 0.05) is 0 Å². The zero-order chi connectivity index (χ0) is 12.8. The predicted octanol–water partition coefficient (Wildman–Crippen LogP) is 3.55. The Balaban J connectivity index is 2.84. The fourth-order valence-corrected chi connectivity index (χ4v) is 1.66. The first-order valence-electron chi connectivity index (χ1n) is 5.08. The van der Waals surface area contributed by atoms with E-state index in [0.29, 0.717) is 22.2 Å². The Bertz CT molecular complexity index is 454. The number of hydrogen-bond acceptors (Lipinski definition) is 3. The summed E-state index contributed by atoms with van der Waals surface area (Å²) >= 11 is 11.6. The third-order valence-corrected chi connectivity index (χ3v) is 2.92. The monoisotopic (exact) mass is 271 g/mol. The zero-order valence-corrected chi connectivity index (χ0v) is 10.8. The molecule has 0 fully saturated rings. The Morgan fingerprint density at radius 3 is 2.71 bits per heavy atom. The third kappa shape index (κ3) is 3.92. The summed E-state index contributed by atoms with van der Waals surface area (Å²) in [6.07, 6.45) is 0.0162. The van der Waals surface area contributed by atoms with E-state index in [-0.39, 0.29) is 6.42 Å². The highest BCUT2D eigenvalue weighted by Gasteiger charge is 2.17. The van der Waals surface area contributed by atoms with Crippen molar-refractivity contribution in [2.24, 2.45) is 0 Å². The van der Waals surface area contributed by atoms with Crippen LogP contribution in [0.25, 0.3) is 0 Å². The lowest BCUT2D eigenvalue weighted by Gasteiger charge is -2.09. The molecule has 1 rings (SSSR count). The van der Waals surface area contributed by atoms with Crippen LogP contribution >= 0.6 is 23.2 Å². The molecule has 0 amide bonds. The number of esters is 1. The molecular formula is C12H11Cl2NO2. The standard InChI is InChI=1S/C12H11Cl2NO2/c1-2-17-12(16)6-9(7-15)8-3-4-10(13)11(14)5-8/h3-5,9H,2,6H2,1H3. The van der Waals surface area contributed by atoms with E-state index in [1.807, 2.05) is 0 Å². The molecule has 0 heterocycles. The van der Waals surface area contributed by atoms with Gasteiger partial charge in [-0.2, -0.15) is 5.26 Å². The van der Waals surface area contributed by atoms with Crippen molar-refractivity contribution in [3.05, 3.63) is 33.8 Å². The van der Waals surface area contributed by atoms with Crippen molar-refractivity contribution in [2.75, 3.05) is 6.61 Å². The summed E-state index contributed by atoms with van der Waals surface area (Å²) in [6, 6.07) is 6.93. The fraction of sp³-hybridized carbons (Fsp3) is 0.333. The molecule has 0 radical (unpaired) electrons. The number of nitriles is 1. The van der Waals surface area contributed by atoms with Gasteiger partial charge in [0.2, 0.25) is 0 Å². The van der Waals surface area contributed by atoms with Crippen LogP contribution in [0.3, 0.4) is 0 Å². The second-order valence-electron chi connectivity index (χ2n) is 3.36. The lowest BCUT2D eigenvalue weighted by atomic mass is 9.97. The number of ether oxygens (including phenoxy) is 1. The Morgan fingerprint density at radius 2 is 2.18 bits per heavy atom. The van der Waals surface area contributed by atoms with Crippen LogP contribution in [0.2, 0.25) is 10.0 Å². The lowest BCUT2D eigenvalue weighted by Crippen LogP contribution is -2.09. The normalized spacial score (nSPS) is 11.6. The second kappa shape index (κ2) is 6.48.